The van der Waals surface area contributed by atoms with Crippen LogP contribution in [-0.2, 0) is 12.2 Å². The molecule has 21 heavy (non-hydrogen) atoms. The van der Waals surface area contributed by atoms with E-state index in [9.17, 15) is 0 Å². The Balaban J connectivity index is 1.59. The molecular formula is C14H11ClN4OS. The average molecular weight is 319 g/mol. The number of hydrogen-bond donors (Lipinski definition) is 0. The second-order valence-corrected chi connectivity index (χ2v) is 5.63. The van der Waals surface area contributed by atoms with Crippen LogP contribution in [0.3, 0.4) is 0 Å². The van der Waals surface area contributed by atoms with E-state index in [-0.39, 0.29) is 0 Å². The van der Waals surface area contributed by atoms with Crippen LogP contribution in [0.15, 0.2) is 52.0 Å². The van der Waals surface area contributed by atoms with Gasteiger partial charge in [-0.05, 0) is 17.7 Å². The van der Waals surface area contributed by atoms with Gasteiger partial charge in [0, 0.05) is 6.42 Å². The van der Waals surface area contributed by atoms with Crippen LogP contribution in [-0.4, -0.2) is 20.3 Å². The highest BCUT2D eigenvalue weighted by Crippen LogP contribution is 2.20. The lowest BCUT2D eigenvalue weighted by atomic mass is 10.1. The van der Waals surface area contributed by atoms with Crippen LogP contribution in [0.2, 0.25) is 5.15 Å². The maximum Gasteiger partial charge on any atom is 0.237 e. The van der Waals surface area contributed by atoms with Crippen molar-refractivity contribution in [2.24, 2.45) is 0 Å². The number of benzene rings is 1. The topological polar surface area (TPSA) is 64.7 Å². The van der Waals surface area contributed by atoms with Gasteiger partial charge in [0.05, 0.1) is 5.75 Å². The lowest BCUT2D eigenvalue weighted by Crippen LogP contribution is -1.91. The largest absolute Gasteiger partial charge is 0.338 e. The van der Waals surface area contributed by atoms with Crippen molar-refractivity contribution in [1.29, 1.82) is 0 Å². The van der Waals surface area contributed by atoms with Gasteiger partial charge in [-0.2, -0.15) is 4.98 Å². The molecule has 3 aromatic rings. The summed E-state index contributed by atoms with van der Waals surface area (Å²) in [7, 11) is 0. The molecule has 3 rings (SSSR count). The van der Waals surface area contributed by atoms with Crippen molar-refractivity contribution in [2.45, 2.75) is 17.2 Å². The Bertz CT molecular complexity index is 703. The molecule has 0 aliphatic rings. The summed E-state index contributed by atoms with van der Waals surface area (Å²) in [5, 5.41) is 12.9. The van der Waals surface area contributed by atoms with Gasteiger partial charge in [0.25, 0.3) is 0 Å². The molecule has 5 nitrogen and oxygen atoms in total. The molecule has 0 N–H and O–H groups in total. The quantitative estimate of drug-likeness (QED) is 0.672. The Kier molecular flexibility index (Phi) is 4.47. The first-order valence-electron chi connectivity index (χ1n) is 6.27. The van der Waals surface area contributed by atoms with Crippen molar-refractivity contribution in [1.82, 2.24) is 20.3 Å². The zero-order valence-electron chi connectivity index (χ0n) is 10.9. The number of nitrogens with zero attached hydrogens (tertiary/aromatic N) is 4. The van der Waals surface area contributed by atoms with E-state index >= 15 is 0 Å². The van der Waals surface area contributed by atoms with Gasteiger partial charge >= 0.3 is 0 Å². The van der Waals surface area contributed by atoms with Gasteiger partial charge < -0.3 is 4.52 Å². The van der Waals surface area contributed by atoms with Crippen molar-refractivity contribution in [2.75, 3.05) is 0 Å². The molecule has 7 heteroatoms. The maximum absolute atomic E-state index is 5.69. The van der Waals surface area contributed by atoms with E-state index in [0.717, 1.165) is 10.6 Å². The number of thioether (sulfide) groups is 1. The van der Waals surface area contributed by atoms with Crippen LogP contribution in [0.25, 0.3) is 0 Å². The standard InChI is InChI=1S/C14H11ClN4OS/c15-11-6-7-14(18-17-11)21-9-13-16-12(19-20-13)8-10-4-2-1-3-5-10/h1-7H,8-9H2. The van der Waals surface area contributed by atoms with Crippen LogP contribution < -0.4 is 0 Å². The molecule has 2 aromatic heterocycles. The molecule has 0 fully saturated rings. The maximum atomic E-state index is 5.69. The molecule has 0 bridgehead atoms. The molecular weight excluding hydrogens is 308 g/mol. The van der Waals surface area contributed by atoms with Gasteiger partial charge in [0.1, 0.15) is 5.03 Å². The van der Waals surface area contributed by atoms with E-state index in [2.05, 4.69) is 20.3 Å². The summed E-state index contributed by atoms with van der Waals surface area (Å²) < 4.78 is 5.23. The van der Waals surface area contributed by atoms with Crippen LogP contribution in [0.5, 0.6) is 0 Å². The van der Waals surface area contributed by atoms with E-state index < -0.39 is 0 Å². The zero-order chi connectivity index (χ0) is 14.5. The molecule has 0 aliphatic carbocycles. The van der Waals surface area contributed by atoms with Gasteiger partial charge in [-0.25, -0.2) is 0 Å². The van der Waals surface area contributed by atoms with Crippen LogP contribution in [0.4, 0.5) is 0 Å². The Morgan fingerprint density at radius 2 is 1.90 bits per heavy atom. The first-order chi connectivity index (χ1) is 10.3. The summed E-state index contributed by atoms with van der Waals surface area (Å²) in [5.41, 5.74) is 1.15. The third kappa shape index (κ3) is 4.03. The van der Waals surface area contributed by atoms with Crippen molar-refractivity contribution in [3.63, 3.8) is 0 Å². The van der Waals surface area contributed by atoms with Crippen molar-refractivity contribution < 1.29 is 4.52 Å². The highest BCUT2D eigenvalue weighted by Gasteiger charge is 2.08. The molecule has 0 unspecified atom stereocenters. The smallest absolute Gasteiger partial charge is 0.237 e. The predicted molar refractivity (Wildman–Crippen MR) is 80.1 cm³/mol. The first-order valence-corrected chi connectivity index (χ1v) is 7.63. The number of aromatic nitrogens is 4. The van der Waals surface area contributed by atoms with Crippen molar-refractivity contribution >= 4 is 23.4 Å². The Morgan fingerprint density at radius 1 is 1.05 bits per heavy atom. The SMILES string of the molecule is Clc1ccc(SCc2nc(Cc3ccccc3)no2)nn1. The van der Waals surface area contributed by atoms with E-state index in [1.54, 1.807) is 12.1 Å². The van der Waals surface area contributed by atoms with Crippen LogP contribution in [0.1, 0.15) is 17.3 Å². The number of rotatable bonds is 5. The van der Waals surface area contributed by atoms with Gasteiger partial charge in [0.2, 0.25) is 5.89 Å². The summed E-state index contributed by atoms with van der Waals surface area (Å²) in [6.07, 6.45) is 0.662. The lowest BCUT2D eigenvalue weighted by Gasteiger charge is -1.95. The molecule has 0 radical (unpaired) electrons. The second-order valence-electron chi connectivity index (χ2n) is 4.25. The predicted octanol–water partition coefficient (Wildman–Crippen LogP) is 3.40. The fraction of sp³-hybridized carbons (Fsp3) is 0.143. The Labute approximate surface area is 130 Å². The van der Waals surface area contributed by atoms with Gasteiger partial charge in [-0.15, -0.1) is 10.2 Å². The molecule has 106 valence electrons. The Hall–Kier alpha value is -1.92. The fourth-order valence-corrected chi connectivity index (χ4v) is 2.47. The van der Waals surface area contributed by atoms with Crippen LogP contribution >= 0.6 is 23.4 Å². The summed E-state index contributed by atoms with van der Waals surface area (Å²) >= 11 is 7.16. The minimum Gasteiger partial charge on any atom is -0.338 e. The normalized spacial score (nSPS) is 10.7. The lowest BCUT2D eigenvalue weighted by molar-refractivity contribution is 0.386. The molecule has 0 spiro atoms. The molecule has 0 amide bonds. The molecule has 0 atom stereocenters. The molecule has 0 saturated carbocycles. The van der Waals surface area contributed by atoms with E-state index in [4.69, 9.17) is 16.1 Å². The van der Waals surface area contributed by atoms with E-state index in [0.29, 0.717) is 29.0 Å². The summed E-state index contributed by atoms with van der Waals surface area (Å²) in [4.78, 5) is 4.37. The second kappa shape index (κ2) is 6.69. The van der Waals surface area contributed by atoms with Crippen molar-refractivity contribution in [3.8, 4) is 0 Å². The monoisotopic (exact) mass is 318 g/mol. The van der Waals surface area contributed by atoms with Gasteiger partial charge in [0.15, 0.2) is 11.0 Å². The number of hydrogen-bond acceptors (Lipinski definition) is 6. The highest BCUT2D eigenvalue weighted by atomic mass is 35.5. The summed E-state index contributed by atoms with van der Waals surface area (Å²) in [5.74, 6) is 1.81. The minimum atomic E-state index is 0.377. The minimum absolute atomic E-state index is 0.377. The molecule has 0 saturated heterocycles. The van der Waals surface area contributed by atoms with Gasteiger partial charge in [-0.3, -0.25) is 0 Å². The van der Waals surface area contributed by atoms with E-state index in [1.165, 1.54) is 11.8 Å². The average Bonchev–Trinajstić information content (AvgIpc) is 2.95. The first kappa shape index (κ1) is 14.0. The van der Waals surface area contributed by atoms with Crippen LogP contribution in [0, 0.1) is 0 Å². The van der Waals surface area contributed by atoms with Crippen molar-refractivity contribution in [3.05, 3.63) is 64.9 Å². The molecule has 1 aromatic carbocycles. The zero-order valence-corrected chi connectivity index (χ0v) is 12.5. The summed E-state index contributed by atoms with van der Waals surface area (Å²) in [6, 6.07) is 13.5. The van der Waals surface area contributed by atoms with E-state index in [1.807, 2.05) is 30.3 Å². The Morgan fingerprint density at radius 3 is 2.67 bits per heavy atom. The third-order valence-electron chi connectivity index (χ3n) is 2.67. The molecule has 2 heterocycles. The van der Waals surface area contributed by atoms with Gasteiger partial charge in [-0.1, -0.05) is 58.9 Å². The number of halogens is 1. The molecule has 0 aliphatic heterocycles. The fourth-order valence-electron chi connectivity index (χ4n) is 1.72. The highest BCUT2D eigenvalue weighted by molar-refractivity contribution is 7.98. The third-order valence-corrected chi connectivity index (χ3v) is 3.77. The summed E-state index contributed by atoms with van der Waals surface area (Å²) in [6.45, 7) is 0.